The summed E-state index contributed by atoms with van der Waals surface area (Å²) in [5.74, 6) is -0.280. The van der Waals surface area contributed by atoms with E-state index in [0.29, 0.717) is 0 Å². The van der Waals surface area contributed by atoms with E-state index in [2.05, 4.69) is 5.32 Å². The summed E-state index contributed by atoms with van der Waals surface area (Å²) in [7, 11) is 0. The summed E-state index contributed by atoms with van der Waals surface area (Å²) in [4.78, 5) is 10.0. The molecule has 0 saturated carbocycles. The highest BCUT2D eigenvalue weighted by atomic mass is 32.2. The van der Waals surface area contributed by atoms with Crippen LogP contribution in [0.4, 0.5) is 24.5 Å². The Hall–Kier alpha value is -1.95. The van der Waals surface area contributed by atoms with Gasteiger partial charge in [-0.1, -0.05) is 0 Å². The first-order valence-electron chi connectivity index (χ1n) is 4.96. The van der Waals surface area contributed by atoms with Crippen molar-refractivity contribution in [3.8, 4) is 6.07 Å². The van der Waals surface area contributed by atoms with Gasteiger partial charge in [0.25, 0.3) is 5.69 Å². The van der Waals surface area contributed by atoms with Gasteiger partial charge in [0.05, 0.1) is 16.6 Å². The largest absolute Gasteiger partial charge is 0.441 e. The molecule has 0 aliphatic carbocycles. The molecule has 1 aromatic rings. The Bertz CT molecular complexity index is 514. The summed E-state index contributed by atoms with van der Waals surface area (Å²) in [6.07, 6.45) is 0. The molecule has 5 nitrogen and oxygen atoms in total. The van der Waals surface area contributed by atoms with Crippen LogP contribution in [0.3, 0.4) is 0 Å². The standard InChI is InChI=1S/C10H8F3N3O2S/c11-10(12,13)19-4-3-15-8-5-7(6-14)1-2-9(8)16(17)18/h1-2,5,15H,3-4H2. The maximum atomic E-state index is 11.9. The summed E-state index contributed by atoms with van der Waals surface area (Å²) in [5, 5.41) is 21.9. The molecule has 19 heavy (non-hydrogen) atoms. The van der Waals surface area contributed by atoms with Crippen LogP contribution in [0.5, 0.6) is 0 Å². The smallest absolute Gasteiger partial charge is 0.379 e. The molecule has 0 saturated heterocycles. The number of hydrogen-bond acceptors (Lipinski definition) is 5. The van der Waals surface area contributed by atoms with E-state index < -0.39 is 10.4 Å². The normalized spacial score (nSPS) is 10.8. The quantitative estimate of drug-likeness (QED) is 0.512. The molecule has 0 fully saturated rings. The van der Waals surface area contributed by atoms with E-state index in [4.69, 9.17) is 5.26 Å². The Morgan fingerprint density at radius 2 is 2.16 bits per heavy atom. The number of nitrogens with zero attached hydrogens (tertiary/aromatic N) is 2. The number of rotatable bonds is 5. The highest BCUT2D eigenvalue weighted by molar-refractivity contribution is 8.00. The van der Waals surface area contributed by atoms with Crippen molar-refractivity contribution in [1.82, 2.24) is 0 Å². The van der Waals surface area contributed by atoms with E-state index in [0.717, 1.165) is 6.07 Å². The summed E-state index contributed by atoms with van der Waals surface area (Å²) in [5.41, 5.74) is -4.39. The summed E-state index contributed by atoms with van der Waals surface area (Å²) < 4.78 is 35.7. The monoisotopic (exact) mass is 291 g/mol. The third kappa shape index (κ3) is 5.05. The SMILES string of the molecule is N#Cc1ccc([N+](=O)[O-])c(NCCSC(F)(F)F)c1. The molecule has 0 radical (unpaired) electrons. The number of halogens is 3. The molecule has 1 rings (SSSR count). The van der Waals surface area contributed by atoms with Gasteiger partial charge in [-0.2, -0.15) is 18.4 Å². The number of hydrogen-bond donors (Lipinski definition) is 1. The van der Waals surface area contributed by atoms with Crippen LogP contribution in [0, 0.1) is 21.4 Å². The molecule has 0 aliphatic rings. The van der Waals surface area contributed by atoms with Gasteiger partial charge in [-0.05, 0) is 23.9 Å². The second kappa shape index (κ2) is 6.29. The van der Waals surface area contributed by atoms with E-state index in [1.807, 2.05) is 0 Å². The number of alkyl halides is 3. The molecular formula is C10H8F3N3O2S. The van der Waals surface area contributed by atoms with Crippen LogP contribution in [0.2, 0.25) is 0 Å². The van der Waals surface area contributed by atoms with Gasteiger partial charge in [0.1, 0.15) is 5.69 Å². The lowest BCUT2D eigenvalue weighted by Gasteiger charge is -2.08. The minimum atomic E-state index is -4.33. The first-order valence-corrected chi connectivity index (χ1v) is 5.95. The number of thioether (sulfide) groups is 1. The Labute approximate surface area is 110 Å². The van der Waals surface area contributed by atoms with Crippen LogP contribution >= 0.6 is 11.8 Å². The van der Waals surface area contributed by atoms with E-state index >= 15 is 0 Å². The fourth-order valence-electron chi connectivity index (χ4n) is 1.26. The van der Waals surface area contributed by atoms with E-state index in [-0.39, 0.29) is 41.0 Å². The van der Waals surface area contributed by atoms with Crippen molar-refractivity contribution >= 4 is 23.1 Å². The number of benzene rings is 1. The second-order valence-corrected chi connectivity index (χ2v) is 4.48. The predicted octanol–water partition coefficient (Wildman–Crippen LogP) is 3.13. The average Bonchev–Trinajstić information content (AvgIpc) is 2.33. The molecule has 102 valence electrons. The zero-order valence-electron chi connectivity index (χ0n) is 9.40. The van der Waals surface area contributed by atoms with Crippen LogP contribution in [0.15, 0.2) is 18.2 Å². The number of nitrogens with one attached hydrogen (secondary N) is 1. The van der Waals surface area contributed by atoms with Crippen molar-refractivity contribution in [3.63, 3.8) is 0 Å². The van der Waals surface area contributed by atoms with Crippen LogP contribution in [0.25, 0.3) is 0 Å². The number of nitro groups is 1. The first-order chi connectivity index (χ1) is 8.83. The maximum absolute atomic E-state index is 11.9. The molecule has 1 aromatic carbocycles. The van der Waals surface area contributed by atoms with Crippen molar-refractivity contribution in [2.45, 2.75) is 5.51 Å². The van der Waals surface area contributed by atoms with Gasteiger partial charge >= 0.3 is 5.51 Å². The Kier molecular flexibility index (Phi) is 5.00. The van der Waals surface area contributed by atoms with Crippen molar-refractivity contribution in [2.24, 2.45) is 0 Å². The third-order valence-corrected chi connectivity index (χ3v) is 2.74. The first kappa shape index (κ1) is 15.1. The highest BCUT2D eigenvalue weighted by Gasteiger charge is 2.27. The Morgan fingerprint density at radius 1 is 1.47 bits per heavy atom. The maximum Gasteiger partial charge on any atom is 0.441 e. The van der Waals surface area contributed by atoms with Crippen LogP contribution in [-0.4, -0.2) is 22.7 Å². The van der Waals surface area contributed by atoms with Crippen LogP contribution < -0.4 is 5.32 Å². The number of nitriles is 1. The Balaban J connectivity index is 2.71. The van der Waals surface area contributed by atoms with E-state index in [9.17, 15) is 23.3 Å². The third-order valence-electron chi connectivity index (χ3n) is 2.01. The van der Waals surface area contributed by atoms with Gasteiger partial charge in [0.2, 0.25) is 0 Å². The van der Waals surface area contributed by atoms with Crippen LogP contribution in [-0.2, 0) is 0 Å². The summed E-state index contributed by atoms with van der Waals surface area (Å²) >= 11 is -0.220. The topological polar surface area (TPSA) is 79.0 Å². The van der Waals surface area contributed by atoms with E-state index in [1.54, 1.807) is 6.07 Å². The average molecular weight is 291 g/mol. The van der Waals surface area contributed by atoms with Gasteiger partial charge in [0.15, 0.2) is 0 Å². The summed E-state index contributed by atoms with van der Waals surface area (Å²) in [6.45, 7) is -0.0973. The molecule has 0 amide bonds. The van der Waals surface area contributed by atoms with Crippen molar-refractivity contribution in [1.29, 1.82) is 5.26 Å². The molecule has 0 aliphatic heterocycles. The molecule has 9 heteroatoms. The number of nitro benzene ring substituents is 1. The molecule has 0 spiro atoms. The van der Waals surface area contributed by atoms with Gasteiger partial charge in [-0.3, -0.25) is 10.1 Å². The van der Waals surface area contributed by atoms with Gasteiger partial charge < -0.3 is 5.32 Å². The molecule has 0 unspecified atom stereocenters. The number of anilines is 1. The molecule has 0 heterocycles. The van der Waals surface area contributed by atoms with Crippen molar-refractivity contribution < 1.29 is 18.1 Å². The van der Waals surface area contributed by atoms with Crippen LogP contribution in [0.1, 0.15) is 5.56 Å². The molecule has 0 aromatic heterocycles. The lowest BCUT2D eigenvalue weighted by molar-refractivity contribution is -0.384. The van der Waals surface area contributed by atoms with E-state index in [1.165, 1.54) is 12.1 Å². The summed E-state index contributed by atoms with van der Waals surface area (Å²) in [6, 6.07) is 5.44. The minimum absolute atomic E-state index is 0.0341. The predicted molar refractivity (Wildman–Crippen MR) is 64.8 cm³/mol. The Morgan fingerprint density at radius 3 is 2.68 bits per heavy atom. The zero-order valence-corrected chi connectivity index (χ0v) is 10.2. The van der Waals surface area contributed by atoms with Gasteiger partial charge in [-0.15, -0.1) is 0 Å². The minimum Gasteiger partial charge on any atom is -0.379 e. The lowest BCUT2D eigenvalue weighted by Crippen LogP contribution is -2.10. The fourth-order valence-corrected chi connectivity index (χ4v) is 1.69. The molecule has 0 bridgehead atoms. The molecular weight excluding hydrogens is 283 g/mol. The van der Waals surface area contributed by atoms with Gasteiger partial charge in [0, 0.05) is 18.4 Å². The zero-order chi connectivity index (χ0) is 14.5. The highest BCUT2D eigenvalue weighted by Crippen LogP contribution is 2.30. The molecule has 1 N–H and O–H groups in total. The second-order valence-electron chi connectivity index (χ2n) is 3.32. The lowest BCUT2D eigenvalue weighted by atomic mass is 10.2. The van der Waals surface area contributed by atoms with Gasteiger partial charge in [-0.25, -0.2) is 0 Å². The van der Waals surface area contributed by atoms with Crippen molar-refractivity contribution in [3.05, 3.63) is 33.9 Å². The van der Waals surface area contributed by atoms with Crippen molar-refractivity contribution in [2.75, 3.05) is 17.6 Å². The fraction of sp³-hybridized carbons (Fsp3) is 0.300. The molecule has 0 atom stereocenters.